The van der Waals surface area contributed by atoms with Gasteiger partial charge in [0.25, 0.3) is 0 Å². The number of unbranched alkanes of at least 4 members (excludes halogenated alkanes) is 1. The number of benzene rings is 4. The van der Waals surface area contributed by atoms with Crippen LogP contribution in [-0.4, -0.2) is 54.1 Å². The van der Waals surface area contributed by atoms with Crippen molar-refractivity contribution >= 4 is 42.6 Å². The number of aromatic nitrogens is 1. The van der Waals surface area contributed by atoms with Crippen molar-refractivity contribution in [3.8, 4) is 16.9 Å². The van der Waals surface area contributed by atoms with Gasteiger partial charge in [-0.2, -0.15) is 0 Å². The van der Waals surface area contributed by atoms with Crippen LogP contribution in [0.2, 0.25) is 18.1 Å². The number of anilines is 2. The summed E-state index contributed by atoms with van der Waals surface area (Å²) < 4.78 is 6.93. The number of hydrogen-bond donors (Lipinski definition) is 6. The Bertz CT molecular complexity index is 2300. The molecule has 0 unspecified atom stereocenters. The number of H-pyrrole nitrogens is 1. The monoisotopic (exact) mass is 831 g/mol. The molecule has 6 rings (SSSR count). The predicted molar refractivity (Wildman–Crippen MR) is 244 cm³/mol. The van der Waals surface area contributed by atoms with Crippen LogP contribution in [0.5, 0.6) is 5.75 Å². The quantitative estimate of drug-likeness (QED) is 0.0422. The van der Waals surface area contributed by atoms with Crippen molar-refractivity contribution in [3.63, 3.8) is 0 Å². The number of carbonyl (C=O) groups is 2. The number of carbonyl (C=O) groups excluding carboxylic acids is 1. The van der Waals surface area contributed by atoms with Gasteiger partial charge < -0.3 is 36.0 Å². The second-order valence-electron chi connectivity index (χ2n) is 17.7. The van der Waals surface area contributed by atoms with Crippen LogP contribution in [-0.2, 0) is 22.2 Å². The van der Waals surface area contributed by atoms with Gasteiger partial charge in [0, 0.05) is 54.3 Å². The normalized spacial score (nSPS) is 16.4. The van der Waals surface area contributed by atoms with E-state index in [1.54, 1.807) is 17.0 Å². The molecule has 1 heterocycles. The number of phenolic OH excluding ortho intramolecular Hbond substituents is 1. The number of rotatable bonds is 16. The van der Waals surface area contributed by atoms with Crippen LogP contribution >= 0.6 is 0 Å². The smallest absolute Gasteiger partial charge is 0.412 e. The molecule has 11 nitrogen and oxygen atoms in total. The Balaban J connectivity index is 1.03. The van der Waals surface area contributed by atoms with Gasteiger partial charge in [0.05, 0.1) is 17.3 Å². The van der Waals surface area contributed by atoms with E-state index >= 15 is 0 Å². The third-order valence-corrected chi connectivity index (χ3v) is 16.7. The number of aromatic hydroxyl groups is 1. The van der Waals surface area contributed by atoms with Crippen molar-refractivity contribution in [2.45, 2.75) is 115 Å². The Kier molecular flexibility index (Phi) is 14.3. The van der Waals surface area contributed by atoms with Crippen LogP contribution in [0.4, 0.5) is 16.2 Å². The molecule has 1 fully saturated rings. The van der Waals surface area contributed by atoms with Crippen LogP contribution in [0.25, 0.3) is 22.0 Å². The van der Waals surface area contributed by atoms with Crippen LogP contribution in [0.3, 0.4) is 0 Å². The van der Waals surface area contributed by atoms with E-state index in [1.165, 1.54) is 6.07 Å². The first-order valence-electron chi connectivity index (χ1n) is 21.2. The second-order valence-corrected chi connectivity index (χ2v) is 22.4. The molecule has 5 aromatic rings. The first-order valence-corrected chi connectivity index (χ1v) is 24.1. The predicted octanol–water partition coefficient (Wildman–Crippen LogP) is 9.86. The third kappa shape index (κ3) is 11.1. The maximum absolute atomic E-state index is 13.0. The average Bonchev–Trinajstić information content (AvgIpc) is 3.21. The number of aromatic amines is 1. The lowest BCUT2D eigenvalue weighted by atomic mass is 9.89. The number of pyridine rings is 1. The molecule has 0 spiro atoms. The van der Waals surface area contributed by atoms with Crippen molar-refractivity contribution in [1.82, 2.24) is 10.3 Å². The Morgan fingerprint density at radius 2 is 1.62 bits per heavy atom. The van der Waals surface area contributed by atoms with E-state index in [4.69, 9.17) is 10.2 Å². The highest BCUT2D eigenvalue weighted by atomic mass is 28.4. The largest absolute Gasteiger partial charge is 0.506 e. The zero-order chi connectivity index (χ0) is 43.0. The van der Waals surface area contributed by atoms with Gasteiger partial charge in [-0.15, -0.1) is 0 Å². The minimum absolute atomic E-state index is 0.0172. The molecule has 4 aromatic carbocycles. The highest BCUT2D eigenvalue weighted by Crippen LogP contribution is 2.41. The summed E-state index contributed by atoms with van der Waals surface area (Å²) >= 11 is 0. The zero-order valence-corrected chi connectivity index (χ0v) is 36.6. The fourth-order valence-corrected chi connectivity index (χ4v) is 9.06. The third-order valence-electron chi connectivity index (χ3n) is 12.2. The summed E-state index contributed by atoms with van der Waals surface area (Å²) in [6, 6.07) is 30.5. The molecule has 1 saturated carbocycles. The van der Waals surface area contributed by atoms with Crippen molar-refractivity contribution < 1.29 is 24.2 Å². The topological polar surface area (TPSA) is 170 Å². The molecule has 1 atom stereocenters. The lowest BCUT2D eigenvalue weighted by molar-refractivity contribution is -0.116. The summed E-state index contributed by atoms with van der Waals surface area (Å²) in [6.07, 6.45) is 4.38. The molecule has 60 heavy (non-hydrogen) atoms. The first-order chi connectivity index (χ1) is 28.6. The molecular formula is C48H61N5O6Si. The lowest BCUT2D eigenvalue weighted by Gasteiger charge is -2.39. The molecular weight excluding hydrogens is 771 g/mol. The summed E-state index contributed by atoms with van der Waals surface area (Å²) in [5.74, 6) is -0.0368. The van der Waals surface area contributed by atoms with Crippen LogP contribution in [0.15, 0.2) is 102 Å². The second kappa shape index (κ2) is 19.4. The molecule has 1 aliphatic rings. The molecule has 1 aromatic heterocycles. The molecule has 318 valence electrons. The van der Waals surface area contributed by atoms with E-state index < -0.39 is 14.4 Å². The van der Waals surface area contributed by atoms with Gasteiger partial charge >= 0.3 is 6.09 Å². The minimum Gasteiger partial charge on any atom is -0.506 e. The number of nitrogens with zero attached hydrogens (tertiary/aromatic N) is 1. The first kappa shape index (κ1) is 44.3. The number of carboxylic acid groups (broad SMARTS) is 1. The van der Waals surface area contributed by atoms with Crippen molar-refractivity contribution in [2.75, 3.05) is 16.8 Å². The number of phenols is 1. The molecule has 0 saturated heterocycles. The summed E-state index contributed by atoms with van der Waals surface area (Å²) in [4.78, 5) is 42.1. The maximum Gasteiger partial charge on any atom is 0.412 e. The number of aryl methyl sites for hydroxylation is 1. The molecule has 0 radical (unpaired) electrons. The van der Waals surface area contributed by atoms with Crippen molar-refractivity contribution in [1.29, 1.82) is 0 Å². The van der Waals surface area contributed by atoms with Gasteiger partial charge in [-0.25, -0.2) is 4.79 Å². The van der Waals surface area contributed by atoms with Gasteiger partial charge in [-0.1, -0.05) is 81.4 Å². The van der Waals surface area contributed by atoms with Gasteiger partial charge in [0.2, 0.25) is 11.5 Å². The molecule has 7 N–H and O–H groups in total. The fourth-order valence-electron chi connectivity index (χ4n) is 7.79. The molecule has 0 bridgehead atoms. The van der Waals surface area contributed by atoms with E-state index in [-0.39, 0.29) is 40.4 Å². The van der Waals surface area contributed by atoms with E-state index in [0.717, 1.165) is 77.4 Å². The highest BCUT2D eigenvalue weighted by Gasteiger charge is 2.40. The Morgan fingerprint density at radius 1 is 0.917 bits per heavy atom. The van der Waals surface area contributed by atoms with E-state index in [2.05, 4.69) is 55.5 Å². The van der Waals surface area contributed by atoms with Crippen LogP contribution in [0.1, 0.15) is 88.5 Å². The van der Waals surface area contributed by atoms with Crippen LogP contribution in [0, 0.1) is 0 Å². The van der Waals surface area contributed by atoms with Gasteiger partial charge in [-0.3, -0.25) is 14.5 Å². The van der Waals surface area contributed by atoms with E-state index in [9.17, 15) is 24.6 Å². The van der Waals surface area contributed by atoms with Crippen molar-refractivity contribution in [2.24, 2.45) is 5.73 Å². The Hall–Kier alpha value is -5.27. The summed E-state index contributed by atoms with van der Waals surface area (Å²) in [7, 11) is -2.22. The van der Waals surface area contributed by atoms with Crippen LogP contribution < -0.4 is 26.8 Å². The average molecular weight is 832 g/mol. The number of nitrogens with one attached hydrogen (secondary N) is 3. The minimum atomic E-state index is -2.22. The van der Waals surface area contributed by atoms with Crippen molar-refractivity contribution in [3.05, 3.63) is 124 Å². The van der Waals surface area contributed by atoms with E-state index in [1.807, 2.05) is 72.8 Å². The highest BCUT2D eigenvalue weighted by molar-refractivity contribution is 6.74. The standard InChI is InChI=1S/C48H61N5O6Si/c1-48(2,3)60(4,5)59-43(39-25-27-42(54)46-40(39)26-28-45(56)52-46)31-50-30-33-15-20-36(21-16-33)51-44(55)14-10-9-11-32-17-24-38(34-12-7-6-8-13-34)41(29-32)53(47(57)58)37-22-18-35(49)19-23-37/h6-8,12-13,15-17,20-21,24-29,35,37,43,50,54H,9-11,14,18-19,22-23,30-31,49H2,1-5H3,(H,51,55)(H,52,56)(H,57,58)/t35?,37?,43-/m0/s1. The molecule has 2 amide bonds. The van der Waals surface area contributed by atoms with Gasteiger partial charge in [0.1, 0.15) is 5.75 Å². The fraction of sp³-hybridized carbons (Fsp3) is 0.396. The Morgan fingerprint density at radius 3 is 2.30 bits per heavy atom. The molecule has 0 aliphatic heterocycles. The summed E-state index contributed by atoms with van der Waals surface area (Å²) in [6.45, 7) is 12.1. The zero-order valence-electron chi connectivity index (χ0n) is 35.6. The Labute approximate surface area is 354 Å². The van der Waals surface area contributed by atoms with E-state index in [0.29, 0.717) is 37.1 Å². The molecule has 12 heteroatoms. The number of amides is 2. The maximum atomic E-state index is 13.0. The van der Waals surface area contributed by atoms with Gasteiger partial charge in [-0.05, 0) is 116 Å². The number of hydrogen-bond acceptors (Lipinski definition) is 7. The SMILES string of the molecule is CC(C)(C)[Si](C)(C)O[C@@H](CNCc1ccc(NC(=O)CCCCc2ccc(-c3ccccc3)c(N(C(=O)O)C3CCC(N)CC3)c2)cc1)c1ccc(O)c2[nH]c(=O)ccc12. The summed E-state index contributed by atoms with van der Waals surface area (Å²) in [5, 5.41) is 28.3. The molecule has 1 aliphatic carbocycles. The van der Waals surface area contributed by atoms with Gasteiger partial charge in [0.15, 0.2) is 8.32 Å². The lowest BCUT2D eigenvalue weighted by Crippen LogP contribution is -2.44. The number of nitrogens with two attached hydrogens (primary N) is 1. The number of fused-ring (bicyclic) bond motifs is 1. The summed E-state index contributed by atoms with van der Waals surface area (Å²) in [5.41, 5.74) is 12.6.